The molecule has 0 saturated carbocycles. The molecule has 1 aromatic heterocycles. The van der Waals surface area contributed by atoms with Crippen LogP contribution in [-0.4, -0.2) is 4.92 Å². The molecule has 5 nitrogen and oxygen atoms in total. The van der Waals surface area contributed by atoms with Crippen LogP contribution in [0.5, 0.6) is 0 Å². The zero-order valence-electron chi connectivity index (χ0n) is 12.1. The molecule has 0 bridgehead atoms. The van der Waals surface area contributed by atoms with Crippen molar-refractivity contribution in [3.8, 4) is 0 Å². The molecule has 1 heterocycles. The third-order valence-corrected chi connectivity index (χ3v) is 3.77. The standard InChI is InChI=1S/C15H17BrN2O3/c1-9-4-15(11(3)21-9)10(2)17-8-12-5-13(16)7-14(6-12)18(19)20/h4-7,10,17H,8H2,1-3H3. The maximum Gasteiger partial charge on any atom is 0.270 e. The number of non-ortho nitro benzene ring substituents is 1. The first-order chi connectivity index (χ1) is 9.86. The van der Waals surface area contributed by atoms with Crippen molar-refractivity contribution in [3.63, 3.8) is 0 Å². The number of benzene rings is 1. The quantitative estimate of drug-likeness (QED) is 0.638. The molecule has 2 rings (SSSR count). The lowest BCUT2D eigenvalue weighted by Gasteiger charge is -2.13. The van der Waals surface area contributed by atoms with Crippen molar-refractivity contribution in [1.29, 1.82) is 0 Å². The van der Waals surface area contributed by atoms with E-state index in [0.29, 0.717) is 11.0 Å². The summed E-state index contributed by atoms with van der Waals surface area (Å²) in [7, 11) is 0. The Balaban J connectivity index is 2.09. The normalized spacial score (nSPS) is 12.4. The van der Waals surface area contributed by atoms with E-state index in [2.05, 4.69) is 21.2 Å². The summed E-state index contributed by atoms with van der Waals surface area (Å²) >= 11 is 3.30. The minimum absolute atomic E-state index is 0.0872. The van der Waals surface area contributed by atoms with Gasteiger partial charge in [-0.05, 0) is 38.5 Å². The van der Waals surface area contributed by atoms with E-state index in [-0.39, 0.29) is 16.7 Å². The van der Waals surface area contributed by atoms with Gasteiger partial charge < -0.3 is 9.73 Å². The second-order valence-electron chi connectivity index (χ2n) is 5.05. The molecule has 112 valence electrons. The topological polar surface area (TPSA) is 68.3 Å². The van der Waals surface area contributed by atoms with Crippen molar-refractivity contribution in [2.24, 2.45) is 0 Å². The highest BCUT2D eigenvalue weighted by atomic mass is 79.9. The SMILES string of the molecule is Cc1cc(C(C)NCc2cc(Br)cc([N+](=O)[O-])c2)c(C)o1. The molecule has 1 atom stereocenters. The van der Waals surface area contributed by atoms with Crippen molar-refractivity contribution >= 4 is 21.6 Å². The first-order valence-corrected chi connectivity index (χ1v) is 7.40. The molecule has 0 aliphatic carbocycles. The number of hydrogen-bond acceptors (Lipinski definition) is 4. The van der Waals surface area contributed by atoms with Gasteiger partial charge in [-0.3, -0.25) is 10.1 Å². The molecule has 6 heteroatoms. The number of rotatable bonds is 5. The third kappa shape index (κ3) is 3.92. The number of nitrogens with one attached hydrogen (secondary N) is 1. The summed E-state index contributed by atoms with van der Waals surface area (Å²) in [5, 5.41) is 14.2. The number of furan rings is 1. The Hall–Kier alpha value is -1.66. The van der Waals surface area contributed by atoms with E-state index in [9.17, 15) is 10.1 Å². The molecule has 0 amide bonds. The van der Waals surface area contributed by atoms with Crippen molar-refractivity contribution in [1.82, 2.24) is 5.32 Å². The third-order valence-electron chi connectivity index (χ3n) is 3.31. The summed E-state index contributed by atoms with van der Waals surface area (Å²) in [6.07, 6.45) is 0. The molecule has 0 fully saturated rings. The van der Waals surface area contributed by atoms with Gasteiger partial charge in [0.05, 0.1) is 4.92 Å². The minimum Gasteiger partial charge on any atom is -0.466 e. The Labute approximate surface area is 131 Å². The molecule has 0 radical (unpaired) electrons. The van der Waals surface area contributed by atoms with Gasteiger partial charge >= 0.3 is 0 Å². The molecule has 0 aliphatic rings. The average Bonchev–Trinajstić information content (AvgIpc) is 2.74. The zero-order valence-corrected chi connectivity index (χ0v) is 13.7. The number of hydrogen-bond donors (Lipinski definition) is 1. The lowest BCUT2D eigenvalue weighted by atomic mass is 10.1. The molecule has 1 unspecified atom stereocenters. The Bertz CT molecular complexity index is 667. The fourth-order valence-electron chi connectivity index (χ4n) is 2.30. The average molecular weight is 353 g/mol. The molecular formula is C15H17BrN2O3. The van der Waals surface area contributed by atoms with Crippen LogP contribution < -0.4 is 5.32 Å². The highest BCUT2D eigenvalue weighted by molar-refractivity contribution is 9.10. The Morgan fingerprint density at radius 1 is 1.33 bits per heavy atom. The number of aryl methyl sites for hydroxylation is 2. The molecule has 0 spiro atoms. The second kappa shape index (κ2) is 6.41. The van der Waals surface area contributed by atoms with Gasteiger partial charge in [-0.15, -0.1) is 0 Å². The van der Waals surface area contributed by atoms with Crippen LogP contribution in [0.4, 0.5) is 5.69 Å². The van der Waals surface area contributed by atoms with Crippen molar-refractivity contribution in [3.05, 3.63) is 61.5 Å². The highest BCUT2D eigenvalue weighted by Crippen LogP contribution is 2.24. The van der Waals surface area contributed by atoms with Crippen LogP contribution in [-0.2, 0) is 6.54 Å². The first kappa shape index (κ1) is 15.7. The van der Waals surface area contributed by atoms with E-state index in [4.69, 9.17) is 4.42 Å². The van der Waals surface area contributed by atoms with Gasteiger partial charge in [-0.25, -0.2) is 0 Å². The maximum atomic E-state index is 10.9. The van der Waals surface area contributed by atoms with E-state index >= 15 is 0 Å². The second-order valence-corrected chi connectivity index (χ2v) is 5.96. The van der Waals surface area contributed by atoms with Gasteiger partial charge in [-0.1, -0.05) is 15.9 Å². The summed E-state index contributed by atoms with van der Waals surface area (Å²) in [4.78, 5) is 10.5. The van der Waals surface area contributed by atoms with Crippen molar-refractivity contribution in [2.75, 3.05) is 0 Å². The molecule has 21 heavy (non-hydrogen) atoms. The van der Waals surface area contributed by atoms with E-state index in [1.54, 1.807) is 6.07 Å². The fraction of sp³-hybridized carbons (Fsp3) is 0.333. The molecule has 1 aromatic carbocycles. The van der Waals surface area contributed by atoms with Gasteiger partial charge in [-0.2, -0.15) is 0 Å². The van der Waals surface area contributed by atoms with Crippen LogP contribution in [0.3, 0.4) is 0 Å². The highest BCUT2D eigenvalue weighted by Gasteiger charge is 2.13. The summed E-state index contributed by atoms with van der Waals surface area (Å²) in [6.45, 7) is 6.44. The molecule has 0 aliphatic heterocycles. The molecule has 2 aromatic rings. The van der Waals surface area contributed by atoms with Crippen molar-refractivity contribution in [2.45, 2.75) is 33.4 Å². The molecule has 1 N–H and O–H groups in total. The number of halogens is 1. The predicted octanol–water partition coefficient (Wildman–Crippen LogP) is 4.42. The van der Waals surface area contributed by atoms with Gasteiger partial charge in [0.15, 0.2) is 0 Å². The van der Waals surface area contributed by atoms with Crippen LogP contribution >= 0.6 is 15.9 Å². The van der Waals surface area contributed by atoms with E-state index in [1.165, 1.54) is 6.07 Å². The van der Waals surface area contributed by atoms with Crippen LogP contribution in [0, 0.1) is 24.0 Å². The predicted molar refractivity (Wildman–Crippen MR) is 84.2 cm³/mol. The fourth-order valence-corrected chi connectivity index (χ4v) is 2.83. The van der Waals surface area contributed by atoms with Crippen LogP contribution in [0.15, 0.2) is 33.2 Å². The van der Waals surface area contributed by atoms with Crippen LogP contribution in [0.2, 0.25) is 0 Å². The Morgan fingerprint density at radius 2 is 2.05 bits per heavy atom. The van der Waals surface area contributed by atoms with Gasteiger partial charge in [0.2, 0.25) is 0 Å². The molecule has 0 saturated heterocycles. The summed E-state index contributed by atoms with van der Waals surface area (Å²) < 4.78 is 6.23. The Kier molecular flexibility index (Phi) is 4.80. The maximum absolute atomic E-state index is 10.9. The van der Waals surface area contributed by atoms with Crippen LogP contribution in [0.1, 0.15) is 35.6 Å². The van der Waals surface area contributed by atoms with E-state index in [1.807, 2.05) is 32.9 Å². The van der Waals surface area contributed by atoms with Gasteiger partial charge in [0.25, 0.3) is 5.69 Å². The summed E-state index contributed by atoms with van der Waals surface area (Å²) in [6, 6.07) is 7.07. The largest absolute Gasteiger partial charge is 0.466 e. The van der Waals surface area contributed by atoms with Gasteiger partial charge in [0, 0.05) is 34.8 Å². The van der Waals surface area contributed by atoms with E-state index < -0.39 is 0 Å². The lowest BCUT2D eigenvalue weighted by molar-refractivity contribution is -0.385. The Morgan fingerprint density at radius 3 is 2.62 bits per heavy atom. The first-order valence-electron chi connectivity index (χ1n) is 6.61. The summed E-state index contributed by atoms with van der Waals surface area (Å²) in [5.41, 5.74) is 2.06. The lowest BCUT2D eigenvalue weighted by Crippen LogP contribution is -2.18. The minimum atomic E-state index is -0.388. The number of nitro benzene ring substituents is 1. The number of nitrogens with zero attached hydrogens (tertiary/aromatic N) is 1. The van der Waals surface area contributed by atoms with Crippen molar-refractivity contribution < 1.29 is 9.34 Å². The van der Waals surface area contributed by atoms with Crippen LogP contribution in [0.25, 0.3) is 0 Å². The smallest absolute Gasteiger partial charge is 0.270 e. The molecular weight excluding hydrogens is 336 g/mol. The zero-order chi connectivity index (χ0) is 15.6. The summed E-state index contributed by atoms with van der Waals surface area (Å²) in [5.74, 6) is 1.78. The van der Waals surface area contributed by atoms with E-state index in [0.717, 1.165) is 22.6 Å². The van der Waals surface area contributed by atoms with Gasteiger partial charge in [0.1, 0.15) is 11.5 Å². The monoisotopic (exact) mass is 352 g/mol. The number of nitro groups is 1.